The van der Waals surface area contributed by atoms with E-state index in [0.717, 1.165) is 62.1 Å². The Hall–Kier alpha value is -2.49. The van der Waals surface area contributed by atoms with Gasteiger partial charge in [0.25, 0.3) is 0 Å². The van der Waals surface area contributed by atoms with E-state index in [9.17, 15) is 4.79 Å². The van der Waals surface area contributed by atoms with Crippen LogP contribution in [0, 0.1) is 5.92 Å². The molecule has 1 saturated carbocycles. The summed E-state index contributed by atoms with van der Waals surface area (Å²) in [6.07, 6.45) is 6.02. The molecule has 198 valence electrons. The summed E-state index contributed by atoms with van der Waals surface area (Å²) in [5.41, 5.74) is 3.94. The summed E-state index contributed by atoms with van der Waals surface area (Å²) in [6.45, 7) is 15.7. The highest BCUT2D eigenvalue weighted by Crippen LogP contribution is 2.38. The van der Waals surface area contributed by atoms with E-state index in [4.69, 9.17) is 9.47 Å². The van der Waals surface area contributed by atoms with Gasteiger partial charge in [-0.25, -0.2) is 0 Å². The summed E-state index contributed by atoms with van der Waals surface area (Å²) in [6, 6.07) is 14.8. The van der Waals surface area contributed by atoms with Crippen LogP contribution in [0.4, 0.5) is 0 Å². The van der Waals surface area contributed by atoms with Gasteiger partial charge < -0.3 is 14.4 Å². The van der Waals surface area contributed by atoms with Gasteiger partial charge >= 0.3 is 0 Å². The molecule has 0 spiro atoms. The lowest BCUT2D eigenvalue weighted by atomic mass is 9.76. The molecular formula is C32H47NO3. The Balaban J connectivity index is 1.62. The SMILES string of the molecule is CCC(C)(C)c1ccc(OCCCCN(Cc2ccccc2OC)C(=O)C2CC2)c(C(C)(C)CC)c1. The van der Waals surface area contributed by atoms with Crippen LogP contribution in [0.15, 0.2) is 42.5 Å². The molecule has 0 aromatic heterocycles. The Morgan fingerprint density at radius 2 is 1.64 bits per heavy atom. The second kappa shape index (κ2) is 12.2. The van der Waals surface area contributed by atoms with E-state index in [0.29, 0.717) is 13.2 Å². The molecule has 0 bridgehead atoms. The fourth-order valence-electron chi connectivity index (χ4n) is 4.48. The Morgan fingerprint density at radius 1 is 0.944 bits per heavy atom. The van der Waals surface area contributed by atoms with Crippen molar-refractivity contribution in [3.63, 3.8) is 0 Å². The summed E-state index contributed by atoms with van der Waals surface area (Å²) < 4.78 is 11.9. The van der Waals surface area contributed by atoms with Gasteiger partial charge in [-0.15, -0.1) is 0 Å². The molecule has 4 nitrogen and oxygen atoms in total. The van der Waals surface area contributed by atoms with Gasteiger partial charge in [0, 0.05) is 30.1 Å². The van der Waals surface area contributed by atoms with E-state index in [1.807, 2.05) is 23.1 Å². The molecule has 2 aromatic carbocycles. The normalized spacial score (nSPS) is 14.0. The predicted octanol–water partition coefficient (Wildman–Crippen LogP) is 7.67. The first-order valence-corrected chi connectivity index (χ1v) is 13.8. The third-order valence-corrected chi connectivity index (χ3v) is 8.13. The number of carbonyl (C=O) groups excluding carboxylic acids is 1. The van der Waals surface area contributed by atoms with E-state index >= 15 is 0 Å². The van der Waals surface area contributed by atoms with Crippen molar-refractivity contribution < 1.29 is 14.3 Å². The van der Waals surface area contributed by atoms with Crippen LogP contribution >= 0.6 is 0 Å². The number of ether oxygens (including phenoxy) is 2. The molecule has 1 aliphatic carbocycles. The average Bonchev–Trinajstić information content (AvgIpc) is 3.73. The first-order chi connectivity index (χ1) is 17.1. The smallest absolute Gasteiger partial charge is 0.225 e. The van der Waals surface area contributed by atoms with E-state index in [-0.39, 0.29) is 22.7 Å². The van der Waals surface area contributed by atoms with E-state index < -0.39 is 0 Å². The molecular weight excluding hydrogens is 446 g/mol. The van der Waals surface area contributed by atoms with Gasteiger partial charge in [-0.3, -0.25) is 4.79 Å². The molecule has 2 aromatic rings. The Bertz CT molecular complexity index is 1010. The zero-order chi connectivity index (χ0) is 26.3. The minimum absolute atomic E-state index is 0.0530. The lowest BCUT2D eigenvalue weighted by molar-refractivity contribution is -0.133. The third-order valence-electron chi connectivity index (χ3n) is 8.13. The van der Waals surface area contributed by atoms with Crippen LogP contribution in [0.1, 0.15) is 96.8 Å². The predicted molar refractivity (Wildman–Crippen MR) is 149 cm³/mol. The van der Waals surface area contributed by atoms with Crippen molar-refractivity contribution in [1.29, 1.82) is 0 Å². The Kier molecular flexibility index (Phi) is 9.49. The van der Waals surface area contributed by atoms with Crippen LogP contribution in [0.25, 0.3) is 0 Å². The first-order valence-electron chi connectivity index (χ1n) is 13.8. The van der Waals surface area contributed by atoms with Crippen molar-refractivity contribution >= 4 is 5.91 Å². The first kappa shape index (κ1) is 28.1. The van der Waals surface area contributed by atoms with Crippen molar-refractivity contribution in [2.24, 2.45) is 5.92 Å². The number of nitrogens with zero attached hydrogens (tertiary/aromatic N) is 1. The van der Waals surface area contributed by atoms with Gasteiger partial charge in [0.2, 0.25) is 5.91 Å². The minimum atomic E-state index is 0.0530. The highest BCUT2D eigenvalue weighted by Gasteiger charge is 2.33. The van der Waals surface area contributed by atoms with Crippen molar-refractivity contribution in [2.45, 2.75) is 97.4 Å². The molecule has 0 aliphatic heterocycles. The molecule has 0 atom stereocenters. The zero-order valence-electron chi connectivity index (χ0n) is 23.7. The Morgan fingerprint density at radius 3 is 2.28 bits per heavy atom. The van der Waals surface area contributed by atoms with Crippen LogP contribution in [0.5, 0.6) is 11.5 Å². The maximum atomic E-state index is 13.0. The average molecular weight is 494 g/mol. The van der Waals surface area contributed by atoms with E-state index in [1.165, 1.54) is 11.1 Å². The molecule has 1 aliphatic rings. The summed E-state index contributed by atoms with van der Waals surface area (Å²) in [5, 5.41) is 0. The van der Waals surface area contributed by atoms with Crippen molar-refractivity contribution in [1.82, 2.24) is 4.90 Å². The van der Waals surface area contributed by atoms with Crippen LogP contribution in [0.2, 0.25) is 0 Å². The molecule has 1 amide bonds. The van der Waals surface area contributed by atoms with E-state index in [2.05, 4.69) is 65.8 Å². The summed E-state index contributed by atoms with van der Waals surface area (Å²) >= 11 is 0. The molecule has 36 heavy (non-hydrogen) atoms. The second-order valence-electron chi connectivity index (χ2n) is 11.6. The Labute approximate surface area is 219 Å². The number of unbranched alkanes of at least 4 members (excludes halogenated alkanes) is 1. The van der Waals surface area contributed by atoms with Crippen molar-refractivity contribution in [3.05, 3.63) is 59.2 Å². The largest absolute Gasteiger partial charge is 0.496 e. The van der Waals surface area contributed by atoms with Gasteiger partial charge in [-0.05, 0) is 67.1 Å². The van der Waals surface area contributed by atoms with Crippen molar-refractivity contribution in [2.75, 3.05) is 20.3 Å². The fraction of sp³-hybridized carbons (Fsp3) is 0.594. The van der Waals surface area contributed by atoms with Crippen LogP contribution in [0.3, 0.4) is 0 Å². The highest BCUT2D eigenvalue weighted by molar-refractivity contribution is 5.81. The molecule has 0 N–H and O–H groups in total. The van der Waals surface area contributed by atoms with Crippen LogP contribution < -0.4 is 9.47 Å². The van der Waals surface area contributed by atoms with Gasteiger partial charge in [0.1, 0.15) is 11.5 Å². The highest BCUT2D eigenvalue weighted by atomic mass is 16.5. The lowest BCUT2D eigenvalue weighted by Crippen LogP contribution is -2.33. The number of carbonyl (C=O) groups is 1. The number of hydrogen-bond donors (Lipinski definition) is 0. The zero-order valence-corrected chi connectivity index (χ0v) is 23.7. The van der Waals surface area contributed by atoms with Gasteiger partial charge in [0.05, 0.1) is 13.7 Å². The standard InChI is InChI=1S/C32H47NO3/c1-8-31(3,4)26-18-19-29(27(22-26)32(5,6)9-2)36-21-13-12-20-33(30(34)24-16-17-24)23-25-14-10-11-15-28(25)35-7/h10-11,14-15,18-19,22,24H,8-9,12-13,16-17,20-21,23H2,1-7H3. The number of rotatable bonds is 14. The molecule has 4 heteroatoms. The third kappa shape index (κ3) is 7.05. The quantitative estimate of drug-likeness (QED) is 0.253. The van der Waals surface area contributed by atoms with Gasteiger partial charge in [0.15, 0.2) is 0 Å². The van der Waals surface area contributed by atoms with E-state index in [1.54, 1.807) is 7.11 Å². The number of benzene rings is 2. The molecule has 3 rings (SSSR count). The van der Waals surface area contributed by atoms with Crippen LogP contribution in [-0.4, -0.2) is 31.1 Å². The molecule has 1 fully saturated rings. The summed E-state index contributed by atoms with van der Waals surface area (Å²) in [5.74, 6) is 2.33. The number of hydrogen-bond acceptors (Lipinski definition) is 3. The maximum Gasteiger partial charge on any atom is 0.225 e. The number of methoxy groups -OCH3 is 1. The monoisotopic (exact) mass is 493 g/mol. The number of amides is 1. The van der Waals surface area contributed by atoms with Gasteiger partial charge in [-0.1, -0.05) is 71.9 Å². The summed E-state index contributed by atoms with van der Waals surface area (Å²) in [7, 11) is 1.69. The second-order valence-corrected chi connectivity index (χ2v) is 11.6. The molecule has 0 heterocycles. The topological polar surface area (TPSA) is 38.8 Å². The number of para-hydroxylation sites is 1. The van der Waals surface area contributed by atoms with Crippen molar-refractivity contribution in [3.8, 4) is 11.5 Å². The fourth-order valence-corrected chi connectivity index (χ4v) is 4.48. The molecule has 0 unspecified atom stereocenters. The molecule has 0 saturated heterocycles. The summed E-state index contributed by atoms with van der Waals surface area (Å²) in [4.78, 5) is 15.0. The lowest BCUT2D eigenvalue weighted by Gasteiger charge is -2.30. The van der Waals surface area contributed by atoms with Crippen LogP contribution in [-0.2, 0) is 22.2 Å². The minimum Gasteiger partial charge on any atom is -0.496 e. The van der Waals surface area contributed by atoms with Gasteiger partial charge in [-0.2, -0.15) is 0 Å². The molecule has 0 radical (unpaired) electrons. The maximum absolute atomic E-state index is 13.0.